The largest absolute Gasteiger partial charge is 0.449 e. The zero-order valence-corrected chi connectivity index (χ0v) is 16.5. The Hall–Kier alpha value is -2.71. The van der Waals surface area contributed by atoms with Crippen LogP contribution in [0, 0.1) is 12.7 Å². The Bertz CT molecular complexity index is 865. The summed E-state index contributed by atoms with van der Waals surface area (Å²) in [5, 5.41) is 7.14. The van der Waals surface area contributed by atoms with E-state index in [-0.39, 0.29) is 11.0 Å². The smallest absolute Gasteiger partial charge is 0.331 e. The van der Waals surface area contributed by atoms with Gasteiger partial charge >= 0.3 is 5.97 Å². The Labute approximate surface area is 167 Å². The fraction of sp³-hybridized carbons (Fsp3) is 0.316. The molecule has 7 nitrogen and oxygen atoms in total. The molecule has 1 heterocycles. The number of benzene rings is 1. The number of carbonyl (C=O) groups excluding carboxylic acids is 2. The summed E-state index contributed by atoms with van der Waals surface area (Å²) in [6.45, 7) is 3.88. The van der Waals surface area contributed by atoms with Crippen LogP contribution in [0.5, 0.6) is 0 Å². The van der Waals surface area contributed by atoms with Crippen molar-refractivity contribution in [3.05, 3.63) is 52.6 Å². The molecular formula is C19H21ClFN3O4. The van der Waals surface area contributed by atoms with Crippen LogP contribution in [0.2, 0.25) is 5.15 Å². The monoisotopic (exact) mass is 409 g/mol. The molecule has 2 aromatic rings. The fourth-order valence-corrected chi connectivity index (χ4v) is 2.63. The second kappa shape index (κ2) is 10.0. The number of aryl methyl sites for hydroxylation is 1. The molecule has 1 aromatic heterocycles. The van der Waals surface area contributed by atoms with E-state index in [0.29, 0.717) is 30.1 Å². The maximum atomic E-state index is 13.1. The maximum Gasteiger partial charge on any atom is 0.331 e. The Morgan fingerprint density at radius 2 is 2.04 bits per heavy atom. The van der Waals surface area contributed by atoms with Gasteiger partial charge in [-0.3, -0.25) is 4.79 Å². The van der Waals surface area contributed by atoms with Gasteiger partial charge in [0.2, 0.25) is 0 Å². The lowest BCUT2D eigenvalue weighted by Gasteiger charge is -2.11. The number of aromatic nitrogens is 2. The van der Waals surface area contributed by atoms with Crippen molar-refractivity contribution in [1.82, 2.24) is 15.1 Å². The summed E-state index contributed by atoms with van der Waals surface area (Å²) in [4.78, 5) is 23.8. The number of ether oxygens (including phenoxy) is 2. The van der Waals surface area contributed by atoms with Gasteiger partial charge in [-0.25, -0.2) is 13.9 Å². The second-order valence-corrected chi connectivity index (χ2v) is 6.23. The molecule has 0 saturated carbocycles. The molecule has 150 valence electrons. The average Bonchev–Trinajstić information content (AvgIpc) is 2.94. The molecule has 2 rings (SSSR count). The molecule has 1 atom stereocenters. The van der Waals surface area contributed by atoms with E-state index in [0.717, 1.165) is 0 Å². The van der Waals surface area contributed by atoms with E-state index in [9.17, 15) is 14.0 Å². The summed E-state index contributed by atoms with van der Waals surface area (Å²) in [5.74, 6) is -1.48. The van der Waals surface area contributed by atoms with Gasteiger partial charge in [0.05, 0.1) is 18.0 Å². The normalized spacial score (nSPS) is 12.2. The van der Waals surface area contributed by atoms with Crippen molar-refractivity contribution in [2.24, 2.45) is 0 Å². The number of methoxy groups -OCH3 is 1. The molecule has 0 unspecified atom stereocenters. The molecule has 0 fully saturated rings. The lowest BCUT2D eigenvalue weighted by molar-refractivity contribution is -0.150. The van der Waals surface area contributed by atoms with E-state index in [2.05, 4.69) is 10.4 Å². The van der Waals surface area contributed by atoms with Gasteiger partial charge in [-0.05, 0) is 44.2 Å². The first-order chi connectivity index (χ1) is 13.3. The molecule has 0 saturated heterocycles. The SMILES string of the molecule is COCCNC(=O)[C@@H](C)OC(=O)/C=C/c1c(C)nn(-c2ccc(F)cc2)c1Cl. The summed E-state index contributed by atoms with van der Waals surface area (Å²) >= 11 is 6.34. The molecule has 0 radical (unpaired) electrons. The van der Waals surface area contributed by atoms with Crippen molar-refractivity contribution in [1.29, 1.82) is 0 Å². The zero-order valence-electron chi connectivity index (χ0n) is 15.7. The predicted octanol–water partition coefficient (Wildman–Crippen LogP) is 2.68. The number of carbonyl (C=O) groups is 2. The lowest BCUT2D eigenvalue weighted by Crippen LogP contribution is -2.37. The molecule has 0 bridgehead atoms. The first-order valence-electron chi connectivity index (χ1n) is 8.50. The second-order valence-electron chi connectivity index (χ2n) is 5.87. The zero-order chi connectivity index (χ0) is 20.7. The Kier molecular flexibility index (Phi) is 7.71. The molecule has 0 aliphatic rings. The van der Waals surface area contributed by atoms with Crippen LogP contribution >= 0.6 is 11.6 Å². The Morgan fingerprint density at radius 1 is 1.36 bits per heavy atom. The number of amides is 1. The quantitative estimate of drug-likeness (QED) is 0.412. The summed E-state index contributed by atoms with van der Waals surface area (Å²) in [5.41, 5.74) is 1.67. The van der Waals surface area contributed by atoms with Gasteiger partial charge in [-0.15, -0.1) is 0 Å². The Balaban J connectivity index is 2.04. The average molecular weight is 410 g/mol. The van der Waals surface area contributed by atoms with Crippen LogP contribution in [0.1, 0.15) is 18.2 Å². The molecule has 0 spiro atoms. The third-order valence-corrected chi connectivity index (χ3v) is 4.14. The number of rotatable bonds is 8. The summed E-state index contributed by atoms with van der Waals surface area (Å²) < 4.78 is 24.4. The van der Waals surface area contributed by atoms with Gasteiger partial charge in [-0.1, -0.05) is 11.6 Å². The molecule has 1 aromatic carbocycles. The summed E-state index contributed by atoms with van der Waals surface area (Å²) in [7, 11) is 1.52. The predicted molar refractivity (Wildman–Crippen MR) is 103 cm³/mol. The standard InChI is InChI=1S/C19H21ClFN3O4/c1-12-16(18(20)24(23-12)15-6-4-14(21)5-7-15)8-9-17(25)28-13(2)19(26)22-10-11-27-3/h4-9,13H,10-11H2,1-3H3,(H,22,26)/b9-8+/t13-/m1/s1. The van der Waals surface area contributed by atoms with E-state index >= 15 is 0 Å². The topological polar surface area (TPSA) is 82.4 Å². The summed E-state index contributed by atoms with van der Waals surface area (Å²) in [6, 6.07) is 5.68. The van der Waals surface area contributed by atoms with Crippen LogP contribution in [-0.4, -0.2) is 48.0 Å². The van der Waals surface area contributed by atoms with E-state index in [1.807, 2.05) is 0 Å². The highest BCUT2D eigenvalue weighted by Gasteiger charge is 2.17. The van der Waals surface area contributed by atoms with Crippen molar-refractivity contribution in [2.75, 3.05) is 20.3 Å². The van der Waals surface area contributed by atoms with Crippen molar-refractivity contribution in [3.8, 4) is 5.69 Å². The van der Waals surface area contributed by atoms with Gasteiger partial charge in [0, 0.05) is 25.3 Å². The minimum Gasteiger partial charge on any atom is -0.449 e. The Morgan fingerprint density at radius 3 is 2.68 bits per heavy atom. The minimum atomic E-state index is -0.951. The van der Waals surface area contributed by atoms with Crippen molar-refractivity contribution in [2.45, 2.75) is 20.0 Å². The third-order valence-electron chi connectivity index (χ3n) is 3.77. The lowest BCUT2D eigenvalue weighted by atomic mass is 10.2. The highest BCUT2D eigenvalue weighted by Crippen LogP contribution is 2.24. The van der Waals surface area contributed by atoms with Crippen molar-refractivity contribution < 1.29 is 23.5 Å². The van der Waals surface area contributed by atoms with Crippen LogP contribution in [0.15, 0.2) is 30.3 Å². The van der Waals surface area contributed by atoms with E-state index in [1.165, 1.54) is 43.0 Å². The number of hydrogen-bond donors (Lipinski definition) is 1. The van der Waals surface area contributed by atoms with Crippen LogP contribution in [0.25, 0.3) is 11.8 Å². The number of esters is 1. The molecule has 0 aliphatic heterocycles. The van der Waals surface area contributed by atoms with Gasteiger partial charge in [0.15, 0.2) is 6.10 Å². The van der Waals surface area contributed by atoms with Crippen LogP contribution < -0.4 is 5.32 Å². The molecule has 0 aliphatic carbocycles. The number of nitrogens with one attached hydrogen (secondary N) is 1. The van der Waals surface area contributed by atoms with Gasteiger partial charge in [0.1, 0.15) is 11.0 Å². The van der Waals surface area contributed by atoms with Crippen LogP contribution in [-0.2, 0) is 19.1 Å². The summed E-state index contributed by atoms with van der Waals surface area (Å²) in [6.07, 6.45) is 1.68. The molecule has 1 amide bonds. The van der Waals surface area contributed by atoms with E-state index in [4.69, 9.17) is 21.1 Å². The maximum absolute atomic E-state index is 13.1. The van der Waals surface area contributed by atoms with Crippen LogP contribution in [0.3, 0.4) is 0 Å². The van der Waals surface area contributed by atoms with Crippen molar-refractivity contribution in [3.63, 3.8) is 0 Å². The van der Waals surface area contributed by atoms with E-state index in [1.54, 1.807) is 19.1 Å². The van der Waals surface area contributed by atoms with Gasteiger partial charge < -0.3 is 14.8 Å². The molecule has 1 N–H and O–H groups in total. The highest BCUT2D eigenvalue weighted by atomic mass is 35.5. The van der Waals surface area contributed by atoms with Gasteiger partial charge in [0.25, 0.3) is 5.91 Å². The molecule has 28 heavy (non-hydrogen) atoms. The van der Waals surface area contributed by atoms with Gasteiger partial charge in [-0.2, -0.15) is 5.10 Å². The highest BCUT2D eigenvalue weighted by molar-refractivity contribution is 6.31. The first kappa shape index (κ1) is 21.6. The number of halogens is 2. The third kappa shape index (κ3) is 5.64. The first-order valence-corrected chi connectivity index (χ1v) is 8.87. The van der Waals surface area contributed by atoms with Crippen molar-refractivity contribution >= 4 is 29.6 Å². The number of hydrogen-bond acceptors (Lipinski definition) is 5. The minimum absolute atomic E-state index is 0.263. The molecular weight excluding hydrogens is 389 g/mol. The molecule has 9 heteroatoms. The fourth-order valence-electron chi connectivity index (χ4n) is 2.29. The van der Waals surface area contributed by atoms with Crippen LogP contribution in [0.4, 0.5) is 4.39 Å². The number of nitrogens with zero attached hydrogens (tertiary/aromatic N) is 2. The van der Waals surface area contributed by atoms with E-state index < -0.39 is 18.0 Å².